The second-order valence-electron chi connectivity index (χ2n) is 21.2. The predicted octanol–water partition coefficient (Wildman–Crippen LogP) is 13.3. The number of amidine groups is 1. The van der Waals surface area contributed by atoms with Gasteiger partial charge in [-0.05, 0) is 122 Å². The summed E-state index contributed by atoms with van der Waals surface area (Å²) in [6.45, 7) is 31.9. The van der Waals surface area contributed by atoms with Crippen LogP contribution in [0.2, 0.25) is 0 Å². The van der Waals surface area contributed by atoms with Crippen molar-refractivity contribution >= 4 is 22.4 Å². The summed E-state index contributed by atoms with van der Waals surface area (Å²) in [7, 11) is 0. The highest BCUT2D eigenvalue weighted by molar-refractivity contribution is 6.12. The van der Waals surface area contributed by atoms with E-state index in [0.717, 1.165) is 40.8 Å². The molecule has 4 aromatic carbocycles. The van der Waals surface area contributed by atoms with Gasteiger partial charge in [-0.1, -0.05) is 127 Å². The van der Waals surface area contributed by atoms with Crippen molar-refractivity contribution in [3.05, 3.63) is 124 Å². The Morgan fingerprint density at radius 2 is 1.27 bits per heavy atom. The Labute approximate surface area is 336 Å². The molecule has 2 heterocycles. The SMILES string of the molecule is CC(C)(C)c1cc(Oc2ccc3cc(C(C)(C)C)cc(O)c3n2)cc(C2=N[C@H]3c4ccccc4CCC(C)(C)[C@H]3N2c2cc(C(C)(C)C)cc(C(C)(C)C)c2)c1. The third kappa shape index (κ3) is 7.59. The minimum atomic E-state index is -0.168. The molecule has 294 valence electrons. The van der Waals surface area contributed by atoms with E-state index in [2.05, 4.69) is 169 Å². The number of phenolic OH excluding ortho intramolecular Hbond substituents is 1. The van der Waals surface area contributed by atoms with Gasteiger partial charge in [0.2, 0.25) is 5.88 Å². The van der Waals surface area contributed by atoms with Crippen LogP contribution in [0.3, 0.4) is 0 Å². The molecule has 2 aliphatic rings. The fourth-order valence-electron chi connectivity index (χ4n) is 8.35. The lowest BCUT2D eigenvalue weighted by atomic mass is 9.76. The third-order valence-corrected chi connectivity index (χ3v) is 12.1. The summed E-state index contributed by atoms with van der Waals surface area (Å²) in [6, 6.07) is 30.7. The van der Waals surface area contributed by atoms with E-state index in [0.29, 0.717) is 17.1 Å². The zero-order valence-corrected chi connectivity index (χ0v) is 36.3. The van der Waals surface area contributed by atoms with Crippen molar-refractivity contribution in [2.75, 3.05) is 4.90 Å². The number of phenols is 1. The topological polar surface area (TPSA) is 58.0 Å². The van der Waals surface area contributed by atoms with Crippen LogP contribution < -0.4 is 9.64 Å². The number of ether oxygens (including phenoxy) is 1. The maximum Gasteiger partial charge on any atom is 0.219 e. The van der Waals surface area contributed by atoms with Gasteiger partial charge in [-0.3, -0.25) is 4.99 Å². The summed E-state index contributed by atoms with van der Waals surface area (Å²) in [5.41, 5.74) is 9.90. The van der Waals surface area contributed by atoms with Gasteiger partial charge in [0.05, 0.1) is 12.1 Å². The van der Waals surface area contributed by atoms with Gasteiger partial charge in [0.15, 0.2) is 0 Å². The van der Waals surface area contributed by atoms with Crippen molar-refractivity contribution in [2.45, 2.75) is 144 Å². The Kier molecular flexibility index (Phi) is 9.54. The summed E-state index contributed by atoms with van der Waals surface area (Å²) in [5.74, 6) is 2.25. The van der Waals surface area contributed by atoms with Gasteiger partial charge in [0.25, 0.3) is 0 Å². The van der Waals surface area contributed by atoms with E-state index in [1.54, 1.807) is 0 Å². The fourth-order valence-corrected chi connectivity index (χ4v) is 8.35. The van der Waals surface area contributed by atoms with Crippen LogP contribution in [0, 0.1) is 5.41 Å². The monoisotopic (exact) mass is 749 g/mol. The van der Waals surface area contributed by atoms with Crippen LogP contribution in [0.1, 0.15) is 148 Å². The number of aromatic nitrogens is 1. The number of hydrogen-bond acceptors (Lipinski definition) is 5. The summed E-state index contributed by atoms with van der Waals surface area (Å²) >= 11 is 0. The van der Waals surface area contributed by atoms with Crippen LogP contribution in [0.25, 0.3) is 10.9 Å². The van der Waals surface area contributed by atoms with Crippen LogP contribution >= 0.6 is 0 Å². The average molecular weight is 750 g/mol. The molecule has 0 unspecified atom stereocenters. The molecular weight excluding hydrogens is 687 g/mol. The van der Waals surface area contributed by atoms with Gasteiger partial charge in [-0.2, -0.15) is 0 Å². The number of aryl methyl sites for hydroxylation is 1. The number of nitrogens with zero attached hydrogens (tertiary/aromatic N) is 3. The molecule has 1 aromatic heterocycles. The van der Waals surface area contributed by atoms with E-state index in [9.17, 15) is 5.11 Å². The number of pyridine rings is 1. The Morgan fingerprint density at radius 1 is 0.679 bits per heavy atom. The zero-order valence-electron chi connectivity index (χ0n) is 36.3. The van der Waals surface area contributed by atoms with E-state index in [4.69, 9.17) is 14.7 Å². The second kappa shape index (κ2) is 13.5. The molecule has 0 saturated heterocycles. The van der Waals surface area contributed by atoms with Gasteiger partial charge >= 0.3 is 0 Å². The number of anilines is 1. The molecule has 0 radical (unpaired) electrons. The lowest BCUT2D eigenvalue weighted by Gasteiger charge is -2.41. The number of aromatic hydroxyl groups is 1. The van der Waals surface area contributed by atoms with E-state index in [1.165, 1.54) is 27.9 Å². The Morgan fingerprint density at radius 3 is 1.89 bits per heavy atom. The molecule has 1 N–H and O–H groups in total. The molecule has 7 rings (SSSR count). The first-order valence-electron chi connectivity index (χ1n) is 20.5. The minimum Gasteiger partial charge on any atom is -0.506 e. The van der Waals surface area contributed by atoms with Crippen LogP contribution in [0.5, 0.6) is 17.4 Å². The standard InChI is InChI=1S/C51H63N3O2/c1-47(2,3)34-24-33(25-39(29-34)56-42-20-19-32-23-35(48(4,5)6)30-41(55)43(32)52-42)46-53-44-40-18-16-15-17-31(40)21-22-51(13,14)45(44)54(46)38-27-36(49(7,8)9)26-37(28-38)50(10,11)12/h15-20,23-30,44-45,55H,21-22H2,1-14H3/t44-,45-/m0/s1. The minimum absolute atomic E-state index is 0.0409. The fraction of sp³-hybridized carbons (Fsp3) is 0.451. The molecule has 5 heteroatoms. The largest absolute Gasteiger partial charge is 0.506 e. The van der Waals surface area contributed by atoms with E-state index < -0.39 is 0 Å². The quantitative estimate of drug-likeness (QED) is 0.199. The van der Waals surface area contributed by atoms with E-state index in [1.807, 2.05) is 18.2 Å². The Balaban J connectivity index is 1.43. The number of rotatable bonds is 4. The van der Waals surface area contributed by atoms with Crippen molar-refractivity contribution in [2.24, 2.45) is 10.4 Å². The number of benzene rings is 4. The molecule has 0 spiro atoms. The van der Waals surface area contributed by atoms with Gasteiger partial charge in [-0.15, -0.1) is 0 Å². The molecule has 5 aromatic rings. The molecule has 0 fully saturated rings. The van der Waals surface area contributed by atoms with E-state index >= 15 is 0 Å². The molecule has 1 aliphatic carbocycles. The van der Waals surface area contributed by atoms with Crippen molar-refractivity contribution < 1.29 is 9.84 Å². The second-order valence-corrected chi connectivity index (χ2v) is 21.2. The lowest BCUT2D eigenvalue weighted by Crippen LogP contribution is -2.47. The Hall–Kier alpha value is -4.64. The smallest absolute Gasteiger partial charge is 0.219 e. The number of aliphatic imine (C=N–C) groups is 1. The van der Waals surface area contributed by atoms with Crippen LogP contribution in [0.4, 0.5) is 5.69 Å². The van der Waals surface area contributed by atoms with Crippen molar-refractivity contribution in [3.63, 3.8) is 0 Å². The summed E-state index contributed by atoms with van der Waals surface area (Å²) in [5, 5.41) is 12.0. The van der Waals surface area contributed by atoms with Crippen LogP contribution in [0.15, 0.2) is 89.9 Å². The van der Waals surface area contributed by atoms with Crippen molar-refractivity contribution in [3.8, 4) is 17.4 Å². The maximum absolute atomic E-state index is 11.1. The van der Waals surface area contributed by atoms with Crippen LogP contribution in [-0.2, 0) is 28.1 Å². The molecule has 56 heavy (non-hydrogen) atoms. The maximum atomic E-state index is 11.1. The van der Waals surface area contributed by atoms with Crippen molar-refractivity contribution in [1.29, 1.82) is 0 Å². The predicted molar refractivity (Wildman–Crippen MR) is 235 cm³/mol. The molecule has 1 aliphatic heterocycles. The van der Waals surface area contributed by atoms with Gasteiger partial charge < -0.3 is 14.7 Å². The first-order chi connectivity index (χ1) is 25.9. The summed E-state index contributed by atoms with van der Waals surface area (Å²) in [6.07, 6.45) is 2.09. The highest BCUT2D eigenvalue weighted by Crippen LogP contribution is 2.51. The number of fused-ring (bicyclic) bond motifs is 4. The highest BCUT2D eigenvalue weighted by atomic mass is 16.5. The first-order valence-corrected chi connectivity index (χ1v) is 20.5. The van der Waals surface area contributed by atoms with E-state index in [-0.39, 0.29) is 44.9 Å². The van der Waals surface area contributed by atoms with Gasteiger partial charge in [-0.25, -0.2) is 4.98 Å². The molecule has 0 saturated carbocycles. The normalized spacial score (nSPS) is 18.7. The molecule has 2 atom stereocenters. The molecule has 5 nitrogen and oxygen atoms in total. The highest BCUT2D eigenvalue weighted by Gasteiger charge is 2.49. The summed E-state index contributed by atoms with van der Waals surface area (Å²) in [4.78, 5) is 13.2. The zero-order chi connectivity index (χ0) is 40.7. The third-order valence-electron chi connectivity index (χ3n) is 12.1. The van der Waals surface area contributed by atoms with Gasteiger partial charge in [0.1, 0.15) is 22.9 Å². The summed E-state index contributed by atoms with van der Waals surface area (Å²) < 4.78 is 6.68. The average Bonchev–Trinajstić information content (AvgIpc) is 3.47. The van der Waals surface area contributed by atoms with Gasteiger partial charge in [0, 0.05) is 22.7 Å². The van der Waals surface area contributed by atoms with Crippen LogP contribution in [-0.4, -0.2) is 22.0 Å². The lowest BCUT2D eigenvalue weighted by molar-refractivity contribution is 0.255. The Bertz CT molecular complexity index is 2310. The number of hydrogen-bond donors (Lipinski definition) is 1. The van der Waals surface area contributed by atoms with Crippen molar-refractivity contribution in [1.82, 2.24) is 4.98 Å². The molecular formula is C51H63N3O2. The molecule has 0 amide bonds. The molecule has 0 bridgehead atoms. The first kappa shape index (κ1) is 39.6.